The van der Waals surface area contributed by atoms with Crippen molar-refractivity contribution in [1.29, 1.82) is 0 Å². The molecule has 2 N–H and O–H groups in total. The third kappa shape index (κ3) is 4.53. The number of hydrogen-bond donors (Lipinski definition) is 2. The summed E-state index contributed by atoms with van der Waals surface area (Å²) in [6.45, 7) is 4.90. The Balaban J connectivity index is 1.40. The van der Waals surface area contributed by atoms with Crippen LogP contribution < -0.4 is 10.6 Å². The average Bonchev–Trinajstić information content (AvgIpc) is 3.15. The van der Waals surface area contributed by atoms with Crippen molar-refractivity contribution in [2.24, 2.45) is 5.92 Å². The molecule has 1 aliphatic rings. The van der Waals surface area contributed by atoms with Crippen molar-refractivity contribution in [2.75, 3.05) is 36.8 Å². The summed E-state index contributed by atoms with van der Waals surface area (Å²) in [5.74, 6) is 1.75. The molecule has 1 amide bonds. The highest BCUT2D eigenvalue weighted by Crippen LogP contribution is 2.17. The molecular formula is C16H21N5O2. The minimum absolute atomic E-state index is 0.0699. The summed E-state index contributed by atoms with van der Waals surface area (Å²) >= 11 is 0. The van der Waals surface area contributed by atoms with Crippen molar-refractivity contribution in [3.63, 3.8) is 0 Å². The number of likely N-dealkylation sites (tertiary alicyclic amines) is 1. The van der Waals surface area contributed by atoms with Crippen LogP contribution in [0.3, 0.4) is 0 Å². The Morgan fingerprint density at radius 2 is 2.39 bits per heavy atom. The SMILES string of the molecule is Cc1cc(NC(=O)CN2CCC(CNc3ccccn3)C2)on1. The van der Waals surface area contributed by atoms with Gasteiger partial charge in [0.15, 0.2) is 0 Å². The Hall–Kier alpha value is -2.41. The van der Waals surface area contributed by atoms with Crippen LogP contribution in [0, 0.1) is 12.8 Å². The molecule has 1 saturated heterocycles. The molecular weight excluding hydrogens is 294 g/mol. The predicted octanol–water partition coefficient (Wildman–Crippen LogP) is 1.75. The van der Waals surface area contributed by atoms with Crippen LogP contribution in [0.5, 0.6) is 0 Å². The number of nitrogens with one attached hydrogen (secondary N) is 2. The summed E-state index contributed by atoms with van der Waals surface area (Å²) in [5.41, 5.74) is 0.752. The van der Waals surface area contributed by atoms with Crippen molar-refractivity contribution in [2.45, 2.75) is 13.3 Å². The number of hydrogen-bond acceptors (Lipinski definition) is 6. The van der Waals surface area contributed by atoms with E-state index in [1.165, 1.54) is 0 Å². The number of aromatic nitrogens is 2. The lowest BCUT2D eigenvalue weighted by atomic mass is 10.1. The summed E-state index contributed by atoms with van der Waals surface area (Å²) in [7, 11) is 0. The number of carbonyl (C=O) groups is 1. The Kier molecular flexibility index (Phi) is 4.87. The zero-order chi connectivity index (χ0) is 16.1. The first-order valence-electron chi connectivity index (χ1n) is 7.79. The summed E-state index contributed by atoms with van der Waals surface area (Å²) in [6.07, 6.45) is 2.85. The molecule has 122 valence electrons. The Labute approximate surface area is 135 Å². The fourth-order valence-electron chi connectivity index (χ4n) is 2.74. The first-order chi connectivity index (χ1) is 11.2. The lowest BCUT2D eigenvalue weighted by Crippen LogP contribution is -2.32. The number of anilines is 2. The number of rotatable bonds is 6. The van der Waals surface area contributed by atoms with E-state index in [2.05, 4.69) is 25.7 Å². The molecule has 1 aliphatic heterocycles. The van der Waals surface area contributed by atoms with Crippen molar-refractivity contribution in [3.8, 4) is 0 Å². The highest BCUT2D eigenvalue weighted by atomic mass is 16.5. The fourth-order valence-corrected chi connectivity index (χ4v) is 2.74. The van der Waals surface area contributed by atoms with E-state index in [1.807, 2.05) is 25.1 Å². The summed E-state index contributed by atoms with van der Waals surface area (Å²) in [4.78, 5) is 18.4. The summed E-state index contributed by atoms with van der Waals surface area (Å²) in [5, 5.41) is 9.82. The molecule has 1 fully saturated rings. The third-order valence-electron chi connectivity index (χ3n) is 3.86. The second kappa shape index (κ2) is 7.23. The van der Waals surface area contributed by atoms with Gasteiger partial charge in [0.1, 0.15) is 5.82 Å². The third-order valence-corrected chi connectivity index (χ3v) is 3.86. The monoisotopic (exact) mass is 315 g/mol. The van der Waals surface area contributed by atoms with Crippen LogP contribution in [-0.2, 0) is 4.79 Å². The molecule has 23 heavy (non-hydrogen) atoms. The summed E-state index contributed by atoms with van der Waals surface area (Å²) < 4.78 is 4.99. The van der Waals surface area contributed by atoms with Crippen LogP contribution in [-0.4, -0.2) is 47.1 Å². The molecule has 0 bridgehead atoms. The lowest BCUT2D eigenvalue weighted by molar-refractivity contribution is -0.117. The minimum atomic E-state index is -0.0699. The van der Waals surface area contributed by atoms with Gasteiger partial charge >= 0.3 is 0 Å². The molecule has 7 nitrogen and oxygen atoms in total. The number of aryl methyl sites for hydroxylation is 1. The second-order valence-corrected chi connectivity index (χ2v) is 5.87. The zero-order valence-electron chi connectivity index (χ0n) is 13.2. The van der Waals surface area contributed by atoms with E-state index in [0.29, 0.717) is 18.3 Å². The quantitative estimate of drug-likeness (QED) is 0.845. The highest BCUT2D eigenvalue weighted by Gasteiger charge is 2.24. The smallest absolute Gasteiger partial charge is 0.240 e. The molecule has 0 saturated carbocycles. The summed E-state index contributed by atoms with van der Waals surface area (Å²) in [6, 6.07) is 7.53. The second-order valence-electron chi connectivity index (χ2n) is 5.87. The molecule has 7 heteroatoms. The Morgan fingerprint density at radius 3 is 3.13 bits per heavy atom. The van der Waals surface area contributed by atoms with Gasteiger partial charge in [-0.1, -0.05) is 11.2 Å². The van der Waals surface area contributed by atoms with Crippen molar-refractivity contribution < 1.29 is 9.32 Å². The van der Waals surface area contributed by atoms with Gasteiger partial charge in [-0.3, -0.25) is 15.0 Å². The van der Waals surface area contributed by atoms with E-state index in [0.717, 1.165) is 37.6 Å². The molecule has 0 aliphatic carbocycles. The molecule has 3 rings (SSSR count). The van der Waals surface area contributed by atoms with E-state index in [9.17, 15) is 4.79 Å². The van der Waals surface area contributed by atoms with Gasteiger partial charge in [-0.2, -0.15) is 0 Å². The molecule has 0 radical (unpaired) electrons. The van der Waals surface area contributed by atoms with Gasteiger partial charge in [-0.05, 0) is 37.9 Å². The van der Waals surface area contributed by atoms with E-state index < -0.39 is 0 Å². The van der Waals surface area contributed by atoms with Gasteiger partial charge < -0.3 is 9.84 Å². The maximum absolute atomic E-state index is 12.0. The van der Waals surface area contributed by atoms with Crippen LogP contribution >= 0.6 is 0 Å². The van der Waals surface area contributed by atoms with Gasteiger partial charge in [0.2, 0.25) is 11.8 Å². The maximum atomic E-state index is 12.0. The standard InChI is InChI=1S/C16H21N5O2/c1-12-8-16(23-20-12)19-15(22)11-21-7-5-13(10-21)9-18-14-4-2-3-6-17-14/h2-4,6,8,13H,5,7,9-11H2,1H3,(H,17,18)(H,19,22). The Bertz CT molecular complexity index is 643. The van der Waals surface area contributed by atoms with E-state index in [4.69, 9.17) is 4.52 Å². The predicted molar refractivity (Wildman–Crippen MR) is 87.1 cm³/mol. The molecule has 2 aromatic rings. The van der Waals surface area contributed by atoms with Gasteiger partial charge in [-0.15, -0.1) is 0 Å². The fraction of sp³-hybridized carbons (Fsp3) is 0.438. The number of nitrogens with zero attached hydrogens (tertiary/aromatic N) is 3. The first kappa shape index (κ1) is 15.5. The van der Waals surface area contributed by atoms with Crippen molar-refractivity contribution >= 4 is 17.6 Å². The molecule has 1 unspecified atom stereocenters. The van der Waals surface area contributed by atoms with Gasteiger partial charge in [0.05, 0.1) is 12.2 Å². The lowest BCUT2D eigenvalue weighted by Gasteiger charge is -2.15. The zero-order valence-corrected chi connectivity index (χ0v) is 13.2. The van der Waals surface area contributed by atoms with E-state index in [-0.39, 0.29) is 5.91 Å². The molecule has 3 heterocycles. The number of amides is 1. The molecule has 2 aromatic heterocycles. The van der Waals surface area contributed by atoms with Crippen LogP contribution in [0.1, 0.15) is 12.1 Å². The average molecular weight is 315 g/mol. The molecule has 0 aromatic carbocycles. The van der Waals surface area contributed by atoms with Crippen LogP contribution in [0.25, 0.3) is 0 Å². The topological polar surface area (TPSA) is 83.3 Å². The van der Waals surface area contributed by atoms with E-state index >= 15 is 0 Å². The van der Waals surface area contributed by atoms with Gasteiger partial charge in [0.25, 0.3) is 0 Å². The first-order valence-corrected chi connectivity index (χ1v) is 7.79. The maximum Gasteiger partial charge on any atom is 0.240 e. The minimum Gasteiger partial charge on any atom is -0.370 e. The van der Waals surface area contributed by atoms with Crippen LogP contribution in [0.15, 0.2) is 35.0 Å². The van der Waals surface area contributed by atoms with Gasteiger partial charge in [0, 0.05) is 25.4 Å². The van der Waals surface area contributed by atoms with Crippen LogP contribution in [0.2, 0.25) is 0 Å². The van der Waals surface area contributed by atoms with Crippen molar-refractivity contribution in [1.82, 2.24) is 15.0 Å². The number of carbonyl (C=O) groups excluding carboxylic acids is 1. The van der Waals surface area contributed by atoms with E-state index in [1.54, 1.807) is 12.3 Å². The van der Waals surface area contributed by atoms with Crippen molar-refractivity contribution in [3.05, 3.63) is 36.2 Å². The molecule has 0 spiro atoms. The van der Waals surface area contributed by atoms with Gasteiger partial charge in [-0.25, -0.2) is 4.98 Å². The van der Waals surface area contributed by atoms with Crippen LogP contribution in [0.4, 0.5) is 11.7 Å². The normalized spacial score (nSPS) is 18.0. The molecule has 1 atom stereocenters. The largest absolute Gasteiger partial charge is 0.370 e. The number of pyridine rings is 1. The highest BCUT2D eigenvalue weighted by molar-refractivity contribution is 5.90. The Morgan fingerprint density at radius 1 is 1.48 bits per heavy atom.